The van der Waals surface area contributed by atoms with E-state index in [0.717, 1.165) is 30.1 Å². The second kappa shape index (κ2) is 9.08. The number of carboxylic acids is 1. The molecule has 1 aliphatic heterocycles. The molecule has 138 valence electrons. The summed E-state index contributed by atoms with van der Waals surface area (Å²) in [5.74, 6) is -2.33. The van der Waals surface area contributed by atoms with Gasteiger partial charge in [0.2, 0.25) is 0 Å². The van der Waals surface area contributed by atoms with Gasteiger partial charge in [-0.25, -0.2) is 19.8 Å². The number of hydroxylamine groups is 2. The Morgan fingerprint density at radius 2 is 1.88 bits per heavy atom. The van der Waals surface area contributed by atoms with Crippen LogP contribution in [0.1, 0.15) is 22.6 Å². The van der Waals surface area contributed by atoms with Crippen LogP contribution in [0.15, 0.2) is 18.5 Å². The van der Waals surface area contributed by atoms with Crippen molar-refractivity contribution in [2.45, 2.75) is 12.6 Å². The maximum atomic E-state index is 11.8. The number of rotatable bonds is 3. The van der Waals surface area contributed by atoms with Crippen LogP contribution in [0.3, 0.4) is 0 Å². The normalized spacial score (nSPS) is 14.0. The summed E-state index contributed by atoms with van der Waals surface area (Å²) < 4.78 is 31.7. The van der Waals surface area contributed by atoms with Gasteiger partial charge in [-0.2, -0.15) is 13.2 Å². The third kappa shape index (κ3) is 6.47. The molecule has 0 fully saturated rings. The number of carboxylic acid groups (broad SMARTS) is 1. The summed E-state index contributed by atoms with van der Waals surface area (Å²) in [6.45, 7) is 1.77. The van der Waals surface area contributed by atoms with Gasteiger partial charge in [-0.3, -0.25) is 9.63 Å². The number of alkyl halides is 3. The molecule has 0 saturated heterocycles. The molecule has 0 aliphatic carbocycles. The Balaban J connectivity index is 0.000000381. The fraction of sp³-hybridized carbons (Fsp3) is 0.429. The lowest BCUT2D eigenvalue weighted by Crippen LogP contribution is -2.26. The number of nitrogens with zero attached hydrogens (tertiary/aromatic N) is 3. The molecule has 2 heterocycles. The Labute approximate surface area is 141 Å². The SMILES string of the molecule is CON(C)C(=O)c1cnc(C2=CCNCC2)nc1.O=C(O)C(F)(F)F. The molecule has 0 unspecified atom stereocenters. The molecule has 1 amide bonds. The van der Waals surface area contributed by atoms with E-state index in [1.54, 1.807) is 7.05 Å². The number of carbonyl (C=O) groups excluding carboxylic acids is 1. The van der Waals surface area contributed by atoms with E-state index in [9.17, 15) is 18.0 Å². The molecule has 2 N–H and O–H groups in total. The van der Waals surface area contributed by atoms with E-state index >= 15 is 0 Å². The second-order valence-electron chi connectivity index (χ2n) is 4.77. The third-order valence-electron chi connectivity index (χ3n) is 3.05. The zero-order chi connectivity index (χ0) is 19.0. The van der Waals surface area contributed by atoms with E-state index in [2.05, 4.69) is 21.4 Å². The number of amides is 1. The van der Waals surface area contributed by atoms with E-state index < -0.39 is 12.1 Å². The first-order valence-corrected chi connectivity index (χ1v) is 7.01. The number of nitrogens with one attached hydrogen (secondary N) is 1. The average molecular weight is 362 g/mol. The molecule has 8 nitrogen and oxygen atoms in total. The van der Waals surface area contributed by atoms with Crippen LogP contribution in [0, 0.1) is 0 Å². The van der Waals surface area contributed by atoms with E-state index in [1.807, 2.05) is 0 Å². The summed E-state index contributed by atoms with van der Waals surface area (Å²) in [5.41, 5.74) is 1.53. The van der Waals surface area contributed by atoms with Crippen LogP contribution >= 0.6 is 0 Å². The smallest absolute Gasteiger partial charge is 0.475 e. The van der Waals surface area contributed by atoms with Gasteiger partial charge in [-0.15, -0.1) is 0 Å². The van der Waals surface area contributed by atoms with Crippen LogP contribution in [-0.2, 0) is 9.63 Å². The van der Waals surface area contributed by atoms with Crippen molar-refractivity contribution in [3.63, 3.8) is 0 Å². The van der Waals surface area contributed by atoms with Gasteiger partial charge in [0.15, 0.2) is 5.82 Å². The highest BCUT2D eigenvalue weighted by molar-refractivity contribution is 5.92. The molecule has 0 saturated carbocycles. The largest absolute Gasteiger partial charge is 0.490 e. The molecule has 1 aromatic rings. The number of aromatic nitrogens is 2. The molecule has 0 aromatic carbocycles. The van der Waals surface area contributed by atoms with Crippen molar-refractivity contribution < 1.29 is 32.7 Å². The van der Waals surface area contributed by atoms with Crippen LogP contribution in [0.25, 0.3) is 5.57 Å². The van der Waals surface area contributed by atoms with Crippen LogP contribution in [0.5, 0.6) is 0 Å². The van der Waals surface area contributed by atoms with Gasteiger partial charge in [0.25, 0.3) is 5.91 Å². The monoisotopic (exact) mass is 362 g/mol. The first kappa shape index (κ1) is 20.5. The Kier molecular flexibility index (Phi) is 7.45. The molecule has 0 bridgehead atoms. The first-order chi connectivity index (χ1) is 11.7. The van der Waals surface area contributed by atoms with Gasteiger partial charge < -0.3 is 10.4 Å². The third-order valence-corrected chi connectivity index (χ3v) is 3.05. The maximum Gasteiger partial charge on any atom is 0.490 e. The van der Waals surface area contributed by atoms with Gasteiger partial charge in [0, 0.05) is 26.0 Å². The number of halogens is 3. The summed E-state index contributed by atoms with van der Waals surface area (Å²) in [6, 6.07) is 0. The predicted octanol–water partition coefficient (Wildman–Crippen LogP) is 1.12. The zero-order valence-electron chi connectivity index (χ0n) is 13.5. The summed E-state index contributed by atoms with van der Waals surface area (Å²) in [4.78, 5) is 33.9. The molecule has 0 spiro atoms. The molecule has 0 radical (unpaired) electrons. The Morgan fingerprint density at radius 1 is 1.32 bits per heavy atom. The lowest BCUT2D eigenvalue weighted by atomic mass is 10.1. The van der Waals surface area contributed by atoms with Crippen LogP contribution < -0.4 is 5.32 Å². The van der Waals surface area contributed by atoms with Crippen LogP contribution in [0.4, 0.5) is 13.2 Å². The van der Waals surface area contributed by atoms with Crippen molar-refractivity contribution >= 4 is 17.4 Å². The highest BCUT2D eigenvalue weighted by atomic mass is 19.4. The topological polar surface area (TPSA) is 105 Å². The van der Waals surface area contributed by atoms with Gasteiger partial charge in [0.05, 0.1) is 12.7 Å². The minimum atomic E-state index is -5.08. The predicted molar refractivity (Wildman–Crippen MR) is 80.3 cm³/mol. The standard InChI is InChI=1S/C12H16N4O2.C2HF3O2/c1-16(18-2)12(17)10-7-14-11(15-8-10)9-3-5-13-6-4-9;3-2(4,5)1(6)7/h3,7-8,13H,4-6H2,1-2H3;(H,6,7). The lowest BCUT2D eigenvalue weighted by Gasteiger charge is -2.14. The highest BCUT2D eigenvalue weighted by Crippen LogP contribution is 2.15. The van der Waals surface area contributed by atoms with Crippen molar-refractivity contribution in [1.29, 1.82) is 0 Å². The van der Waals surface area contributed by atoms with E-state index in [-0.39, 0.29) is 5.91 Å². The van der Waals surface area contributed by atoms with Crippen molar-refractivity contribution in [1.82, 2.24) is 20.3 Å². The number of carbonyl (C=O) groups is 2. The summed E-state index contributed by atoms with van der Waals surface area (Å²) in [5, 5.41) is 11.5. The van der Waals surface area contributed by atoms with Crippen molar-refractivity contribution in [2.75, 3.05) is 27.2 Å². The van der Waals surface area contributed by atoms with E-state index in [0.29, 0.717) is 11.4 Å². The minimum Gasteiger partial charge on any atom is -0.475 e. The number of hydrogen-bond acceptors (Lipinski definition) is 6. The Morgan fingerprint density at radius 3 is 2.28 bits per heavy atom. The minimum absolute atomic E-state index is 0.261. The van der Waals surface area contributed by atoms with Crippen molar-refractivity contribution in [2.24, 2.45) is 0 Å². The molecular weight excluding hydrogens is 345 g/mol. The number of hydrogen-bond donors (Lipinski definition) is 2. The number of aliphatic carboxylic acids is 1. The van der Waals surface area contributed by atoms with Gasteiger partial charge in [-0.05, 0) is 18.5 Å². The average Bonchev–Trinajstić information content (AvgIpc) is 2.61. The summed E-state index contributed by atoms with van der Waals surface area (Å²) in [6.07, 6.45) is 0.957. The summed E-state index contributed by atoms with van der Waals surface area (Å²) in [7, 11) is 2.98. The van der Waals surface area contributed by atoms with Crippen LogP contribution in [0.2, 0.25) is 0 Å². The maximum absolute atomic E-state index is 11.8. The second-order valence-corrected chi connectivity index (χ2v) is 4.77. The van der Waals surface area contributed by atoms with Crippen molar-refractivity contribution in [3.05, 3.63) is 29.9 Å². The molecule has 2 rings (SSSR count). The highest BCUT2D eigenvalue weighted by Gasteiger charge is 2.38. The molecule has 11 heteroatoms. The van der Waals surface area contributed by atoms with Gasteiger partial charge in [-0.1, -0.05) is 6.08 Å². The molecular formula is C14H17F3N4O4. The molecule has 25 heavy (non-hydrogen) atoms. The fourth-order valence-corrected chi connectivity index (χ4v) is 1.69. The van der Waals surface area contributed by atoms with Gasteiger partial charge >= 0.3 is 12.1 Å². The van der Waals surface area contributed by atoms with Gasteiger partial charge in [0.1, 0.15) is 0 Å². The summed E-state index contributed by atoms with van der Waals surface area (Å²) >= 11 is 0. The quantitative estimate of drug-likeness (QED) is 0.777. The van der Waals surface area contributed by atoms with Crippen LogP contribution in [-0.4, -0.2) is 65.4 Å². The fourth-order valence-electron chi connectivity index (χ4n) is 1.69. The van der Waals surface area contributed by atoms with Crippen molar-refractivity contribution in [3.8, 4) is 0 Å². The molecule has 1 aliphatic rings. The lowest BCUT2D eigenvalue weighted by molar-refractivity contribution is -0.192. The Bertz CT molecular complexity index is 632. The first-order valence-electron chi connectivity index (χ1n) is 7.01. The Hall–Kier alpha value is -2.53. The zero-order valence-corrected chi connectivity index (χ0v) is 13.5. The van der Waals surface area contributed by atoms with E-state index in [4.69, 9.17) is 14.7 Å². The molecule has 1 aromatic heterocycles. The van der Waals surface area contributed by atoms with E-state index in [1.165, 1.54) is 19.5 Å². The molecule has 0 atom stereocenters.